The molecule has 1 saturated carbocycles. The lowest BCUT2D eigenvalue weighted by Crippen LogP contribution is -2.48. The number of rotatable bonds is 7. The van der Waals surface area contributed by atoms with Crippen molar-refractivity contribution < 1.29 is 4.79 Å². The summed E-state index contributed by atoms with van der Waals surface area (Å²) in [7, 11) is 4.36. The molecule has 1 fully saturated rings. The van der Waals surface area contributed by atoms with Gasteiger partial charge in [0.1, 0.15) is 0 Å². The summed E-state index contributed by atoms with van der Waals surface area (Å²) in [5, 5.41) is 5.42. The van der Waals surface area contributed by atoms with Gasteiger partial charge in [0.2, 0.25) is 5.91 Å². The lowest BCUT2D eigenvalue weighted by atomic mass is 9.77. The molecule has 0 bridgehead atoms. The Labute approximate surface area is 165 Å². The van der Waals surface area contributed by atoms with Crippen LogP contribution >= 0.6 is 23.1 Å². The first kappa shape index (κ1) is 19.5. The molecule has 140 valence electrons. The maximum Gasteiger partial charge on any atom is 0.230 e. The highest BCUT2D eigenvalue weighted by Crippen LogP contribution is 2.42. The van der Waals surface area contributed by atoms with Crippen molar-refractivity contribution >= 4 is 29.0 Å². The number of thioether (sulfide) groups is 1. The molecule has 1 heterocycles. The number of carbonyl (C=O) groups is 1. The van der Waals surface area contributed by atoms with E-state index in [2.05, 4.69) is 54.0 Å². The monoisotopic (exact) mass is 388 g/mol. The number of amides is 1. The zero-order chi connectivity index (χ0) is 18.4. The van der Waals surface area contributed by atoms with Gasteiger partial charge in [-0.25, -0.2) is 0 Å². The molecular weight excluding hydrogens is 360 g/mol. The number of hydrogen-bond donors (Lipinski definition) is 1. The maximum atomic E-state index is 12.3. The van der Waals surface area contributed by atoms with Gasteiger partial charge in [0.05, 0.1) is 11.3 Å². The molecule has 0 radical (unpaired) electrons. The summed E-state index contributed by atoms with van der Waals surface area (Å²) in [5.74, 6) is 1.60. The van der Waals surface area contributed by atoms with Crippen molar-refractivity contribution in [2.75, 3.05) is 19.8 Å². The van der Waals surface area contributed by atoms with Gasteiger partial charge in [0, 0.05) is 16.7 Å². The van der Waals surface area contributed by atoms with Crippen molar-refractivity contribution in [1.82, 2.24) is 10.2 Å². The highest BCUT2D eigenvalue weighted by Gasteiger charge is 2.39. The molecule has 1 aliphatic carbocycles. The lowest BCUT2D eigenvalue weighted by molar-refractivity contribution is -0.119. The lowest BCUT2D eigenvalue weighted by Gasteiger charge is -2.44. The summed E-state index contributed by atoms with van der Waals surface area (Å²) in [5.41, 5.74) is 1.41. The average Bonchev–Trinajstić information content (AvgIpc) is 3.18. The van der Waals surface area contributed by atoms with E-state index in [0.29, 0.717) is 11.8 Å². The Morgan fingerprint density at radius 2 is 1.92 bits per heavy atom. The molecule has 1 aromatic heterocycles. The Balaban J connectivity index is 1.45. The molecule has 1 amide bonds. The summed E-state index contributed by atoms with van der Waals surface area (Å²) in [4.78, 5) is 16.1. The molecule has 0 unspecified atom stereocenters. The molecule has 1 aliphatic rings. The minimum atomic E-state index is 0.136. The Morgan fingerprint density at radius 3 is 2.54 bits per heavy atom. The van der Waals surface area contributed by atoms with Crippen molar-refractivity contribution in [2.24, 2.45) is 0 Å². The summed E-state index contributed by atoms with van der Waals surface area (Å²) < 4.78 is 0. The van der Waals surface area contributed by atoms with Gasteiger partial charge >= 0.3 is 0 Å². The molecule has 3 nitrogen and oxygen atoms in total. The Kier molecular flexibility index (Phi) is 6.79. The first-order chi connectivity index (χ1) is 12.6. The van der Waals surface area contributed by atoms with E-state index < -0.39 is 0 Å². The minimum absolute atomic E-state index is 0.136. The largest absolute Gasteiger partial charge is 0.353 e. The number of carbonyl (C=O) groups excluding carboxylic acids is 1. The zero-order valence-corrected chi connectivity index (χ0v) is 17.2. The van der Waals surface area contributed by atoms with E-state index in [1.807, 2.05) is 29.5 Å². The summed E-state index contributed by atoms with van der Waals surface area (Å²) >= 11 is 3.54. The standard InChI is InChI=1S/C21H28N2OS2/c1-23(2)21(19-9-6-14-26-19)12-10-18(11-13-21)22-20(24)16-25-15-17-7-4-3-5-8-17/h3-9,14,18H,10-13,15-16H2,1-2H3,(H,22,24). The molecule has 1 aromatic carbocycles. The third-order valence-electron chi connectivity index (χ3n) is 5.36. The molecule has 0 spiro atoms. The highest BCUT2D eigenvalue weighted by molar-refractivity contribution is 7.99. The van der Waals surface area contributed by atoms with Crippen molar-refractivity contribution in [2.45, 2.75) is 43.0 Å². The first-order valence-corrected chi connectivity index (χ1v) is 11.3. The van der Waals surface area contributed by atoms with E-state index in [1.54, 1.807) is 11.8 Å². The van der Waals surface area contributed by atoms with Gasteiger partial charge in [-0.1, -0.05) is 36.4 Å². The predicted octanol–water partition coefficient (Wildman–Crippen LogP) is 4.50. The summed E-state index contributed by atoms with van der Waals surface area (Å²) in [6.45, 7) is 0. The molecule has 26 heavy (non-hydrogen) atoms. The third-order valence-corrected chi connectivity index (χ3v) is 7.43. The third kappa shape index (κ3) is 4.70. The van der Waals surface area contributed by atoms with Gasteiger partial charge in [-0.3, -0.25) is 9.69 Å². The van der Waals surface area contributed by atoms with Crippen LogP contribution in [0.5, 0.6) is 0 Å². The molecular formula is C21H28N2OS2. The molecule has 0 atom stereocenters. The van der Waals surface area contributed by atoms with E-state index in [9.17, 15) is 4.79 Å². The maximum absolute atomic E-state index is 12.3. The van der Waals surface area contributed by atoms with E-state index in [1.165, 1.54) is 10.4 Å². The van der Waals surface area contributed by atoms with Gasteiger partial charge in [-0.15, -0.1) is 23.1 Å². The van der Waals surface area contributed by atoms with Crippen LogP contribution < -0.4 is 5.32 Å². The summed E-state index contributed by atoms with van der Waals surface area (Å²) in [6, 6.07) is 15.0. The van der Waals surface area contributed by atoms with E-state index in [0.717, 1.165) is 31.4 Å². The molecule has 5 heteroatoms. The quantitative estimate of drug-likeness (QED) is 0.758. The topological polar surface area (TPSA) is 32.3 Å². The van der Waals surface area contributed by atoms with E-state index >= 15 is 0 Å². The predicted molar refractivity (Wildman–Crippen MR) is 113 cm³/mol. The Bertz CT molecular complexity index is 677. The number of hydrogen-bond acceptors (Lipinski definition) is 4. The highest BCUT2D eigenvalue weighted by atomic mass is 32.2. The second-order valence-electron chi connectivity index (χ2n) is 7.22. The van der Waals surface area contributed by atoms with Crippen LogP contribution in [-0.2, 0) is 16.1 Å². The van der Waals surface area contributed by atoms with E-state index in [-0.39, 0.29) is 11.4 Å². The average molecular weight is 389 g/mol. The molecule has 0 saturated heterocycles. The van der Waals surface area contributed by atoms with Crippen molar-refractivity contribution in [3.63, 3.8) is 0 Å². The second-order valence-corrected chi connectivity index (χ2v) is 9.16. The fraction of sp³-hybridized carbons (Fsp3) is 0.476. The number of nitrogens with one attached hydrogen (secondary N) is 1. The fourth-order valence-electron chi connectivity index (χ4n) is 3.80. The van der Waals surface area contributed by atoms with Gasteiger partial charge in [0.25, 0.3) is 0 Å². The number of thiophene rings is 1. The van der Waals surface area contributed by atoms with Crippen molar-refractivity contribution in [1.29, 1.82) is 0 Å². The van der Waals surface area contributed by atoms with Crippen LogP contribution in [0, 0.1) is 0 Å². The normalized spacial score (nSPS) is 23.1. The van der Waals surface area contributed by atoms with Crippen LogP contribution in [-0.4, -0.2) is 36.7 Å². The molecule has 2 aromatic rings. The fourth-order valence-corrected chi connectivity index (χ4v) is 5.67. The van der Waals surface area contributed by atoms with Crippen LogP contribution in [0.1, 0.15) is 36.1 Å². The van der Waals surface area contributed by atoms with Crippen LogP contribution in [0.3, 0.4) is 0 Å². The Morgan fingerprint density at radius 1 is 1.19 bits per heavy atom. The summed E-state index contributed by atoms with van der Waals surface area (Å²) in [6.07, 6.45) is 4.29. The number of nitrogens with zero attached hydrogens (tertiary/aromatic N) is 1. The van der Waals surface area contributed by atoms with Crippen molar-refractivity contribution in [3.8, 4) is 0 Å². The second kappa shape index (κ2) is 9.07. The van der Waals surface area contributed by atoms with Gasteiger partial charge in [-0.2, -0.15) is 0 Å². The molecule has 1 N–H and O–H groups in total. The van der Waals surface area contributed by atoms with Crippen LogP contribution in [0.25, 0.3) is 0 Å². The van der Waals surface area contributed by atoms with Crippen LogP contribution in [0.2, 0.25) is 0 Å². The van der Waals surface area contributed by atoms with E-state index in [4.69, 9.17) is 0 Å². The SMILES string of the molecule is CN(C)C1(c2cccs2)CCC(NC(=O)CSCc2ccccc2)CC1. The van der Waals surface area contributed by atoms with Crippen molar-refractivity contribution in [3.05, 3.63) is 58.3 Å². The first-order valence-electron chi connectivity index (χ1n) is 9.22. The number of benzene rings is 1. The van der Waals surface area contributed by atoms with Gasteiger partial charge in [-0.05, 0) is 56.8 Å². The minimum Gasteiger partial charge on any atom is -0.353 e. The molecule has 0 aliphatic heterocycles. The van der Waals surface area contributed by atoms with Gasteiger partial charge < -0.3 is 5.32 Å². The van der Waals surface area contributed by atoms with Gasteiger partial charge in [0.15, 0.2) is 0 Å². The zero-order valence-electron chi connectivity index (χ0n) is 15.6. The Hall–Kier alpha value is -1.30. The van der Waals surface area contributed by atoms with Crippen LogP contribution in [0.4, 0.5) is 0 Å². The smallest absolute Gasteiger partial charge is 0.230 e. The van der Waals surface area contributed by atoms with Crippen LogP contribution in [0.15, 0.2) is 47.8 Å². The molecule has 3 rings (SSSR count).